The zero-order chi connectivity index (χ0) is 23.8. The quantitative estimate of drug-likeness (QED) is 0.565. The van der Waals surface area contributed by atoms with Gasteiger partial charge < -0.3 is 19.4 Å². The van der Waals surface area contributed by atoms with Crippen LogP contribution in [0.25, 0.3) is 20.4 Å². The van der Waals surface area contributed by atoms with E-state index >= 15 is 0 Å². The van der Waals surface area contributed by atoms with Gasteiger partial charge in [0.05, 0.1) is 16.8 Å². The second-order valence-corrected chi connectivity index (χ2v) is 10.0. The number of aromatic nitrogens is 3. The van der Waals surface area contributed by atoms with Gasteiger partial charge in [-0.25, -0.2) is 19.7 Å². The van der Waals surface area contributed by atoms with Crippen molar-refractivity contribution >= 4 is 49.6 Å². The molecule has 0 saturated carbocycles. The number of hydrogen-bond acceptors (Lipinski definition) is 8. The van der Waals surface area contributed by atoms with Crippen LogP contribution in [0, 0.1) is 19.8 Å². The monoisotopic (exact) mass is 482 g/mol. The van der Waals surface area contributed by atoms with Crippen molar-refractivity contribution in [1.82, 2.24) is 24.8 Å². The number of pyridine rings is 1. The molecule has 2 aliphatic heterocycles. The molecule has 0 spiro atoms. The number of aryl methyl sites for hydroxylation is 2. The molecule has 0 bridgehead atoms. The fraction of sp³-hybridized carbons (Fsp3) is 0.542. The molecule has 0 aliphatic carbocycles. The third kappa shape index (κ3) is 4.15. The van der Waals surface area contributed by atoms with Gasteiger partial charge in [0, 0.05) is 56.3 Å². The van der Waals surface area contributed by atoms with Crippen molar-refractivity contribution in [3.05, 3.63) is 23.7 Å². The molecule has 180 valence electrons. The first-order chi connectivity index (χ1) is 16.5. The van der Waals surface area contributed by atoms with Crippen molar-refractivity contribution in [2.45, 2.75) is 33.6 Å². The zero-order valence-corrected chi connectivity index (χ0v) is 20.7. The highest BCUT2D eigenvalue weighted by Crippen LogP contribution is 2.39. The summed E-state index contributed by atoms with van der Waals surface area (Å²) >= 11 is 1.65. The van der Waals surface area contributed by atoms with Crippen LogP contribution in [-0.4, -0.2) is 82.6 Å². The number of fused-ring (bicyclic) bond motifs is 3. The average molecular weight is 483 g/mol. The largest absolute Gasteiger partial charge is 0.450 e. The Morgan fingerprint density at radius 3 is 2.47 bits per heavy atom. The maximum atomic E-state index is 13.1. The maximum absolute atomic E-state index is 13.1. The van der Waals surface area contributed by atoms with E-state index in [1.165, 1.54) is 5.56 Å². The molecule has 3 aromatic heterocycles. The van der Waals surface area contributed by atoms with E-state index in [-0.39, 0.29) is 17.9 Å². The fourth-order valence-electron chi connectivity index (χ4n) is 5.04. The summed E-state index contributed by atoms with van der Waals surface area (Å²) in [5.74, 6) is 1.16. The smallest absolute Gasteiger partial charge is 0.409 e. The number of amides is 2. The fourth-order valence-corrected chi connectivity index (χ4v) is 6.31. The van der Waals surface area contributed by atoms with E-state index in [9.17, 15) is 9.59 Å². The van der Waals surface area contributed by atoms with E-state index in [2.05, 4.69) is 27.9 Å². The molecule has 0 atom stereocenters. The Bertz CT molecular complexity index is 1230. The Kier molecular flexibility index (Phi) is 6.24. The van der Waals surface area contributed by atoms with Gasteiger partial charge in [-0.1, -0.05) is 0 Å². The average Bonchev–Trinajstić information content (AvgIpc) is 3.22. The number of thiophene rings is 1. The number of carbonyl (C=O) groups is 2. The predicted octanol–water partition coefficient (Wildman–Crippen LogP) is 3.37. The summed E-state index contributed by atoms with van der Waals surface area (Å²) in [6, 6.07) is 2.10. The number of anilines is 1. The van der Waals surface area contributed by atoms with Crippen molar-refractivity contribution in [3.63, 3.8) is 0 Å². The summed E-state index contributed by atoms with van der Waals surface area (Å²) in [5.41, 5.74) is 3.16. The number of hydrogen-bond donors (Lipinski definition) is 0. The third-order valence-corrected chi connectivity index (χ3v) is 7.86. The van der Waals surface area contributed by atoms with E-state index in [4.69, 9.17) is 9.72 Å². The minimum Gasteiger partial charge on any atom is -0.450 e. The van der Waals surface area contributed by atoms with Crippen LogP contribution in [0.1, 0.15) is 31.0 Å². The first-order valence-corrected chi connectivity index (χ1v) is 12.7. The lowest BCUT2D eigenvalue weighted by atomic mass is 9.95. The normalized spacial score (nSPS) is 17.6. The Hall–Kier alpha value is -3.01. The Balaban J connectivity index is 1.26. The van der Waals surface area contributed by atoms with Gasteiger partial charge in [0.1, 0.15) is 17.0 Å². The number of piperidine rings is 1. The van der Waals surface area contributed by atoms with E-state index in [0.717, 1.165) is 57.9 Å². The molecule has 2 saturated heterocycles. The molecule has 5 rings (SSSR count). The second-order valence-electron chi connectivity index (χ2n) is 9.01. The summed E-state index contributed by atoms with van der Waals surface area (Å²) in [6.45, 7) is 10.0. The molecule has 2 aliphatic rings. The number of rotatable bonds is 3. The van der Waals surface area contributed by atoms with Gasteiger partial charge in [-0.3, -0.25) is 4.79 Å². The molecule has 2 amide bonds. The second kappa shape index (κ2) is 9.32. The minimum atomic E-state index is -0.291. The van der Waals surface area contributed by atoms with Crippen LogP contribution in [0.3, 0.4) is 0 Å². The molecule has 0 N–H and O–H groups in total. The lowest BCUT2D eigenvalue weighted by Gasteiger charge is -2.38. The van der Waals surface area contributed by atoms with Crippen LogP contribution in [-0.2, 0) is 9.53 Å². The van der Waals surface area contributed by atoms with Crippen molar-refractivity contribution < 1.29 is 14.3 Å². The maximum Gasteiger partial charge on any atom is 0.409 e. The van der Waals surface area contributed by atoms with E-state index in [1.807, 2.05) is 11.8 Å². The third-order valence-electron chi connectivity index (χ3n) is 6.79. The molecule has 3 aromatic rings. The summed E-state index contributed by atoms with van der Waals surface area (Å²) < 4.78 is 6.14. The van der Waals surface area contributed by atoms with E-state index in [1.54, 1.807) is 29.5 Å². The highest BCUT2D eigenvalue weighted by atomic mass is 32.1. The van der Waals surface area contributed by atoms with Crippen LogP contribution in [0.2, 0.25) is 0 Å². The standard InChI is InChI=1S/C24H30N6O3S/c1-4-33-24(32)30-11-9-29(10-12-30)23(31)17-5-7-28(8-6-17)21-20-19(25-14-26-21)18-15(2)13-16(3)27-22(18)34-20/h13-14,17H,4-12H2,1-3H3. The molecule has 0 unspecified atom stereocenters. The van der Waals surface area contributed by atoms with Crippen LogP contribution >= 0.6 is 11.3 Å². The zero-order valence-electron chi connectivity index (χ0n) is 19.9. The van der Waals surface area contributed by atoms with Crippen molar-refractivity contribution in [3.8, 4) is 0 Å². The molecule has 0 aromatic carbocycles. The number of piperazine rings is 1. The van der Waals surface area contributed by atoms with Gasteiger partial charge in [-0.2, -0.15) is 0 Å². The highest BCUT2D eigenvalue weighted by Gasteiger charge is 2.32. The predicted molar refractivity (Wildman–Crippen MR) is 132 cm³/mol. The molecule has 2 fully saturated rings. The minimum absolute atomic E-state index is 0.0108. The lowest BCUT2D eigenvalue weighted by Crippen LogP contribution is -2.53. The van der Waals surface area contributed by atoms with E-state index < -0.39 is 0 Å². The summed E-state index contributed by atoms with van der Waals surface area (Å²) in [7, 11) is 0. The lowest BCUT2D eigenvalue weighted by molar-refractivity contribution is -0.137. The molecular formula is C24H30N6O3S. The highest BCUT2D eigenvalue weighted by molar-refractivity contribution is 7.26. The van der Waals surface area contributed by atoms with Crippen molar-refractivity contribution in [1.29, 1.82) is 0 Å². The Morgan fingerprint density at radius 2 is 1.76 bits per heavy atom. The van der Waals surface area contributed by atoms with Gasteiger partial charge in [0.25, 0.3) is 0 Å². The van der Waals surface area contributed by atoms with Gasteiger partial charge in [-0.15, -0.1) is 11.3 Å². The molecule has 9 nitrogen and oxygen atoms in total. The molecule has 5 heterocycles. The number of nitrogens with zero attached hydrogens (tertiary/aromatic N) is 6. The molecular weight excluding hydrogens is 452 g/mol. The SMILES string of the molecule is CCOC(=O)N1CCN(C(=O)C2CCN(c3ncnc4c3sc3nc(C)cc(C)c34)CC2)CC1. The van der Waals surface area contributed by atoms with Crippen LogP contribution in [0.4, 0.5) is 10.6 Å². The Labute approximate surface area is 202 Å². The van der Waals surface area contributed by atoms with Gasteiger partial charge >= 0.3 is 6.09 Å². The van der Waals surface area contributed by atoms with E-state index in [0.29, 0.717) is 32.8 Å². The first kappa shape index (κ1) is 22.8. The molecule has 10 heteroatoms. The van der Waals surface area contributed by atoms with Crippen LogP contribution < -0.4 is 4.90 Å². The molecule has 34 heavy (non-hydrogen) atoms. The van der Waals surface area contributed by atoms with Crippen LogP contribution in [0.15, 0.2) is 12.4 Å². The summed E-state index contributed by atoms with van der Waals surface area (Å²) in [4.78, 5) is 45.9. The van der Waals surface area contributed by atoms with Crippen LogP contribution in [0.5, 0.6) is 0 Å². The number of ether oxygens (including phenoxy) is 1. The van der Waals surface area contributed by atoms with Gasteiger partial charge in [0.15, 0.2) is 0 Å². The van der Waals surface area contributed by atoms with Gasteiger partial charge in [0.2, 0.25) is 5.91 Å². The summed E-state index contributed by atoms with van der Waals surface area (Å²) in [6.07, 6.45) is 2.94. The van der Waals surface area contributed by atoms with Crippen molar-refractivity contribution in [2.75, 3.05) is 50.8 Å². The summed E-state index contributed by atoms with van der Waals surface area (Å²) in [5, 5.41) is 1.11. The molecule has 0 radical (unpaired) electrons. The van der Waals surface area contributed by atoms with Crippen molar-refractivity contribution in [2.24, 2.45) is 5.92 Å². The first-order valence-electron chi connectivity index (χ1n) is 11.9. The Morgan fingerprint density at radius 1 is 1.06 bits per heavy atom. The number of carbonyl (C=O) groups excluding carboxylic acids is 2. The topological polar surface area (TPSA) is 91.8 Å². The van der Waals surface area contributed by atoms with Gasteiger partial charge in [-0.05, 0) is 45.2 Å².